The molecule has 1 amide bonds. The van der Waals surface area contributed by atoms with Crippen LogP contribution in [0.3, 0.4) is 0 Å². The zero-order valence-corrected chi connectivity index (χ0v) is 16.1. The number of ether oxygens (including phenoxy) is 2. The van der Waals surface area contributed by atoms with E-state index in [9.17, 15) is 9.59 Å². The molecule has 0 saturated heterocycles. The van der Waals surface area contributed by atoms with E-state index in [1.807, 2.05) is 26.0 Å². The van der Waals surface area contributed by atoms with Crippen LogP contribution in [-0.2, 0) is 18.4 Å². The van der Waals surface area contributed by atoms with E-state index in [0.717, 1.165) is 16.9 Å². The zero-order valence-electron chi connectivity index (χ0n) is 16.1. The van der Waals surface area contributed by atoms with Crippen molar-refractivity contribution in [2.24, 2.45) is 7.05 Å². The average molecular weight is 383 g/mol. The maximum atomic E-state index is 12.4. The zero-order chi connectivity index (χ0) is 20.3. The Morgan fingerprint density at radius 1 is 1.18 bits per heavy atom. The van der Waals surface area contributed by atoms with E-state index in [-0.39, 0.29) is 23.7 Å². The van der Waals surface area contributed by atoms with Crippen molar-refractivity contribution in [3.63, 3.8) is 0 Å². The van der Waals surface area contributed by atoms with Gasteiger partial charge in [-0.25, -0.2) is 4.79 Å². The Morgan fingerprint density at radius 2 is 1.89 bits per heavy atom. The Balaban J connectivity index is 1.67. The first-order valence-corrected chi connectivity index (χ1v) is 8.59. The maximum Gasteiger partial charge on any atom is 0.358 e. The minimum Gasteiger partial charge on any atom is -0.486 e. The predicted molar refractivity (Wildman–Crippen MR) is 101 cm³/mol. The highest BCUT2D eigenvalue weighted by atomic mass is 16.5. The van der Waals surface area contributed by atoms with E-state index in [1.54, 1.807) is 19.2 Å². The molecule has 0 bridgehead atoms. The summed E-state index contributed by atoms with van der Waals surface area (Å²) in [5, 5.41) is 6.57. The van der Waals surface area contributed by atoms with Gasteiger partial charge in [0.15, 0.2) is 11.5 Å². The minimum absolute atomic E-state index is 0.0960. The largest absolute Gasteiger partial charge is 0.486 e. The molecule has 0 radical (unpaired) electrons. The summed E-state index contributed by atoms with van der Waals surface area (Å²) in [7, 11) is 2.84. The van der Waals surface area contributed by atoms with Gasteiger partial charge in [0.1, 0.15) is 18.1 Å². The Bertz CT molecular complexity index is 999. The van der Waals surface area contributed by atoms with Gasteiger partial charge in [-0.3, -0.25) is 9.48 Å². The standard InChI is InChI=1S/C20H21N3O5/c1-12-7-13(2)9-15(8-12)27-11-14-5-6-17(28-14)19(24)22-16-10-21-23(3)18(16)20(25)26-4/h5-10H,11H2,1-4H3,(H,22,24). The summed E-state index contributed by atoms with van der Waals surface area (Å²) in [4.78, 5) is 24.3. The van der Waals surface area contributed by atoms with Crippen molar-refractivity contribution >= 4 is 17.6 Å². The van der Waals surface area contributed by atoms with Gasteiger partial charge in [-0.2, -0.15) is 5.10 Å². The monoisotopic (exact) mass is 383 g/mol. The van der Waals surface area contributed by atoms with Crippen LogP contribution in [-0.4, -0.2) is 28.8 Å². The maximum absolute atomic E-state index is 12.4. The Hall–Kier alpha value is -3.55. The molecule has 0 aliphatic rings. The van der Waals surface area contributed by atoms with Crippen LogP contribution >= 0.6 is 0 Å². The molecule has 0 atom stereocenters. The van der Waals surface area contributed by atoms with Crippen molar-refractivity contribution in [3.05, 3.63) is 64.9 Å². The fourth-order valence-corrected chi connectivity index (χ4v) is 2.80. The molecule has 0 aliphatic heterocycles. The minimum atomic E-state index is -0.600. The summed E-state index contributed by atoms with van der Waals surface area (Å²) < 4.78 is 17.3. The van der Waals surface area contributed by atoms with Crippen molar-refractivity contribution in [1.82, 2.24) is 9.78 Å². The normalized spacial score (nSPS) is 10.6. The smallest absolute Gasteiger partial charge is 0.358 e. The molecule has 1 aromatic carbocycles. The molecule has 8 nitrogen and oxygen atoms in total. The summed E-state index contributed by atoms with van der Waals surface area (Å²) in [6, 6.07) is 9.13. The van der Waals surface area contributed by atoms with Gasteiger partial charge in [-0.05, 0) is 49.2 Å². The van der Waals surface area contributed by atoms with E-state index in [0.29, 0.717) is 5.76 Å². The number of nitrogens with one attached hydrogen (secondary N) is 1. The molecule has 146 valence electrons. The van der Waals surface area contributed by atoms with Crippen LogP contribution in [0, 0.1) is 13.8 Å². The number of methoxy groups -OCH3 is 1. The summed E-state index contributed by atoms with van der Waals surface area (Å²) in [6.45, 7) is 4.18. The second-order valence-electron chi connectivity index (χ2n) is 6.35. The van der Waals surface area contributed by atoms with Gasteiger partial charge >= 0.3 is 5.97 Å². The molecule has 3 rings (SSSR count). The number of nitrogens with zero attached hydrogens (tertiary/aromatic N) is 2. The summed E-state index contributed by atoms with van der Waals surface area (Å²) in [6.07, 6.45) is 1.37. The summed E-state index contributed by atoms with van der Waals surface area (Å²) in [5.74, 6) is 0.230. The van der Waals surface area contributed by atoms with Gasteiger partial charge in [0.05, 0.1) is 19.0 Å². The van der Waals surface area contributed by atoms with Gasteiger partial charge in [-0.15, -0.1) is 0 Å². The topological polar surface area (TPSA) is 95.6 Å². The molecule has 0 saturated carbocycles. The van der Waals surface area contributed by atoms with Crippen LogP contribution in [0.1, 0.15) is 37.9 Å². The van der Waals surface area contributed by atoms with E-state index in [2.05, 4.69) is 16.5 Å². The average Bonchev–Trinajstić information content (AvgIpc) is 3.25. The van der Waals surface area contributed by atoms with E-state index >= 15 is 0 Å². The first-order valence-electron chi connectivity index (χ1n) is 8.59. The Kier molecular flexibility index (Phi) is 5.49. The van der Waals surface area contributed by atoms with Gasteiger partial charge in [0.25, 0.3) is 5.91 Å². The van der Waals surface area contributed by atoms with Crippen molar-refractivity contribution in [3.8, 4) is 5.75 Å². The first kappa shape index (κ1) is 19.2. The van der Waals surface area contributed by atoms with Gasteiger partial charge < -0.3 is 19.2 Å². The number of hydrogen-bond donors (Lipinski definition) is 1. The third-order valence-corrected chi connectivity index (χ3v) is 4.03. The fraction of sp³-hybridized carbons (Fsp3) is 0.250. The molecule has 2 aromatic heterocycles. The molecule has 8 heteroatoms. The van der Waals surface area contributed by atoms with Crippen molar-refractivity contribution in [2.75, 3.05) is 12.4 Å². The van der Waals surface area contributed by atoms with Crippen LogP contribution in [0.15, 0.2) is 40.9 Å². The molecule has 0 aliphatic carbocycles. The summed E-state index contributed by atoms with van der Waals surface area (Å²) in [5.41, 5.74) is 2.59. The lowest BCUT2D eigenvalue weighted by molar-refractivity contribution is 0.0589. The van der Waals surface area contributed by atoms with Crippen molar-refractivity contribution in [1.29, 1.82) is 0 Å². The lowest BCUT2D eigenvalue weighted by Gasteiger charge is -2.07. The van der Waals surface area contributed by atoms with Crippen LogP contribution < -0.4 is 10.1 Å². The van der Waals surface area contributed by atoms with Crippen LogP contribution in [0.4, 0.5) is 5.69 Å². The molecule has 28 heavy (non-hydrogen) atoms. The van der Waals surface area contributed by atoms with Crippen LogP contribution in [0.5, 0.6) is 5.75 Å². The second kappa shape index (κ2) is 7.99. The molecule has 0 fully saturated rings. The Labute approximate surface area is 162 Å². The predicted octanol–water partition coefficient (Wildman–Crippen LogP) is 3.25. The number of carbonyl (C=O) groups is 2. The number of carbonyl (C=O) groups excluding carboxylic acids is 2. The van der Waals surface area contributed by atoms with Crippen LogP contribution in [0.2, 0.25) is 0 Å². The van der Waals surface area contributed by atoms with Gasteiger partial charge in [0.2, 0.25) is 0 Å². The third-order valence-electron chi connectivity index (χ3n) is 4.03. The molecule has 1 N–H and O–H groups in total. The lowest BCUT2D eigenvalue weighted by atomic mass is 10.1. The first-order chi connectivity index (χ1) is 13.4. The quantitative estimate of drug-likeness (QED) is 0.657. The number of amides is 1. The van der Waals surface area contributed by atoms with E-state index in [4.69, 9.17) is 13.9 Å². The van der Waals surface area contributed by atoms with Crippen molar-refractivity contribution in [2.45, 2.75) is 20.5 Å². The number of anilines is 1. The fourth-order valence-electron chi connectivity index (χ4n) is 2.80. The number of esters is 1. The third kappa shape index (κ3) is 4.22. The number of benzene rings is 1. The molecular weight excluding hydrogens is 362 g/mol. The molecule has 0 unspecified atom stereocenters. The second-order valence-corrected chi connectivity index (χ2v) is 6.35. The molecule has 2 heterocycles. The van der Waals surface area contributed by atoms with Crippen LogP contribution in [0.25, 0.3) is 0 Å². The number of aryl methyl sites for hydroxylation is 3. The number of rotatable bonds is 6. The van der Waals surface area contributed by atoms with Gasteiger partial charge in [0, 0.05) is 7.05 Å². The van der Waals surface area contributed by atoms with E-state index < -0.39 is 11.9 Å². The van der Waals surface area contributed by atoms with E-state index in [1.165, 1.54) is 18.0 Å². The number of hydrogen-bond acceptors (Lipinski definition) is 6. The SMILES string of the molecule is COC(=O)c1c(NC(=O)c2ccc(COc3cc(C)cc(C)c3)o2)cnn1C. The highest BCUT2D eigenvalue weighted by Gasteiger charge is 2.21. The van der Waals surface area contributed by atoms with Crippen molar-refractivity contribution < 1.29 is 23.5 Å². The summed E-state index contributed by atoms with van der Waals surface area (Å²) >= 11 is 0. The van der Waals surface area contributed by atoms with Gasteiger partial charge in [-0.1, -0.05) is 6.07 Å². The lowest BCUT2D eigenvalue weighted by Crippen LogP contribution is -2.16. The molecular formula is C20H21N3O5. The molecule has 3 aromatic rings. The highest BCUT2D eigenvalue weighted by Crippen LogP contribution is 2.20. The molecule has 0 spiro atoms. The highest BCUT2D eigenvalue weighted by molar-refractivity contribution is 6.06. The Morgan fingerprint density at radius 3 is 2.57 bits per heavy atom. The number of furan rings is 1. The number of aromatic nitrogens is 2.